The first kappa shape index (κ1) is 10.0. The van der Waals surface area contributed by atoms with Gasteiger partial charge in [-0.1, -0.05) is 6.92 Å². The third kappa shape index (κ3) is 1.39. The first-order chi connectivity index (χ1) is 7.16. The number of aromatic nitrogens is 2. The normalized spacial score (nSPS) is 11.1. The van der Waals surface area contributed by atoms with E-state index in [9.17, 15) is 0 Å². The Bertz CT molecular complexity index is 497. The van der Waals surface area contributed by atoms with Crippen molar-refractivity contribution in [1.29, 1.82) is 0 Å². The molecule has 3 heteroatoms. The number of hydrogen-bond donors (Lipinski definition) is 1. The average Bonchev–Trinajstić information content (AvgIpc) is 2.45. The quantitative estimate of drug-likeness (QED) is 0.815. The summed E-state index contributed by atoms with van der Waals surface area (Å²) in [5.74, 6) is 0. The van der Waals surface area contributed by atoms with Crippen LogP contribution in [0.4, 0.5) is 5.69 Å². The Morgan fingerprint density at radius 2 is 2.07 bits per heavy atom. The highest BCUT2D eigenvalue weighted by Gasteiger charge is 2.12. The first-order valence-electron chi connectivity index (χ1n) is 5.35. The number of rotatable bonds is 2. The zero-order valence-corrected chi connectivity index (χ0v) is 9.54. The highest BCUT2D eigenvalue weighted by atomic mass is 15.0. The SMILES string of the molecule is CCCn1c(C)c(C)c2c(N)cncc21. The third-order valence-corrected chi connectivity index (χ3v) is 3.02. The highest BCUT2D eigenvalue weighted by Crippen LogP contribution is 2.28. The summed E-state index contributed by atoms with van der Waals surface area (Å²) in [6.45, 7) is 7.48. The molecule has 0 spiro atoms. The molecule has 0 saturated heterocycles. The van der Waals surface area contributed by atoms with E-state index in [1.165, 1.54) is 11.3 Å². The van der Waals surface area contributed by atoms with E-state index in [-0.39, 0.29) is 0 Å². The van der Waals surface area contributed by atoms with E-state index in [1.54, 1.807) is 6.20 Å². The van der Waals surface area contributed by atoms with Crippen LogP contribution in [0.15, 0.2) is 12.4 Å². The van der Waals surface area contributed by atoms with E-state index in [1.807, 2.05) is 6.20 Å². The third-order valence-electron chi connectivity index (χ3n) is 3.02. The molecule has 0 saturated carbocycles. The molecule has 2 heterocycles. The second-order valence-corrected chi connectivity index (χ2v) is 3.98. The summed E-state index contributed by atoms with van der Waals surface area (Å²) in [4.78, 5) is 4.16. The molecule has 0 bridgehead atoms. The topological polar surface area (TPSA) is 43.8 Å². The van der Waals surface area contributed by atoms with Gasteiger partial charge in [-0.25, -0.2) is 0 Å². The fraction of sp³-hybridized carbons (Fsp3) is 0.417. The Balaban J connectivity index is 2.81. The van der Waals surface area contributed by atoms with Crippen LogP contribution in [0.5, 0.6) is 0 Å². The summed E-state index contributed by atoms with van der Waals surface area (Å²) >= 11 is 0. The molecule has 2 aromatic rings. The molecule has 80 valence electrons. The molecule has 0 aromatic carbocycles. The molecule has 0 fully saturated rings. The summed E-state index contributed by atoms with van der Waals surface area (Å²) in [6, 6.07) is 0. The zero-order chi connectivity index (χ0) is 11.0. The van der Waals surface area contributed by atoms with Crippen LogP contribution in [0.25, 0.3) is 10.9 Å². The van der Waals surface area contributed by atoms with Crippen LogP contribution in [0.1, 0.15) is 24.6 Å². The summed E-state index contributed by atoms with van der Waals surface area (Å²) < 4.78 is 2.30. The smallest absolute Gasteiger partial charge is 0.0692 e. The van der Waals surface area contributed by atoms with Gasteiger partial charge in [0.15, 0.2) is 0 Å². The Labute approximate surface area is 89.9 Å². The van der Waals surface area contributed by atoms with Crippen molar-refractivity contribution >= 4 is 16.6 Å². The molecule has 3 nitrogen and oxygen atoms in total. The molecule has 0 aliphatic rings. The van der Waals surface area contributed by atoms with Gasteiger partial charge >= 0.3 is 0 Å². The number of fused-ring (bicyclic) bond motifs is 1. The molecule has 0 atom stereocenters. The van der Waals surface area contributed by atoms with Crippen LogP contribution in [0, 0.1) is 13.8 Å². The van der Waals surface area contributed by atoms with E-state index < -0.39 is 0 Å². The fourth-order valence-corrected chi connectivity index (χ4v) is 2.15. The van der Waals surface area contributed by atoms with E-state index in [4.69, 9.17) is 5.73 Å². The van der Waals surface area contributed by atoms with Gasteiger partial charge in [0, 0.05) is 17.6 Å². The van der Waals surface area contributed by atoms with Gasteiger partial charge in [-0.2, -0.15) is 0 Å². The maximum absolute atomic E-state index is 5.96. The molecule has 0 amide bonds. The number of nitrogens with two attached hydrogens (primary N) is 1. The molecule has 2 aromatic heterocycles. The molecule has 2 N–H and O–H groups in total. The lowest BCUT2D eigenvalue weighted by Gasteiger charge is -2.05. The standard InChI is InChI=1S/C12H17N3/c1-4-5-15-9(3)8(2)12-10(13)6-14-7-11(12)15/h6-7H,4-5,13H2,1-3H3. The number of hydrogen-bond acceptors (Lipinski definition) is 2. The van der Waals surface area contributed by atoms with Crippen LogP contribution in [-0.2, 0) is 6.54 Å². The Morgan fingerprint density at radius 1 is 1.33 bits per heavy atom. The molecular weight excluding hydrogens is 186 g/mol. The lowest BCUT2D eigenvalue weighted by Crippen LogP contribution is -1.99. The Hall–Kier alpha value is -1.51. The highest BCUT2D eigenvalue weighted by molar-refractivity contribution is 5.94. The van der Waals surface area contributed by atoms with Gasteiger partial charge in [-0.05, 0) is 25.8 Å². The van der Waals surface area contributed by atoms with E-state index in [2.05, 4.69) is 30.3 Å². The summed E-state index contributed by atoms with van der Waals surface area (Å²) in [5, 5.41) is 1.16. The molecule has 0 aliphatic carbocycles. The van der Waals surface area contributed by atoms with Gasteiger partial charge in [0.1, 0.15) is 0 Å². The molecule has 0 aliphatic heterocycles. The van der Waals surface area contributed by atoms with Crippen LogP contribution in [-0.4, -0.2) is 9.55 Å². The minimum absolute atomic E-state index is 0.781. The number of nitrogen functional groups attached to an aromatic ring is 1. The van der Waals surface area contributed by atoms with Gasteiger partial charge in [0.25, 0.3) is 0 Å². The van der Waals surface area contributed by atoms with E-state index in [0.717, 1.165) is 29.6 Å². The molecular formula is C12H17N3. The first-order valence-corrected chi connectivity index (χ1v) is 5.35. The monoisotopic (exact) mass is 203 g/mol. The van der Waals surface area contributed by atoms with Gasteiger partial charge in [-0.3, -0.25) is 4.98 Å². The van der Waals surface area contributed by atoms with E-state index >= 15 is 0 Å². The zero-order valence-electron chi connectivity index (χ0n) is 9.54. The summed E-state index contributed by atoms with van der Waals surface area (Å²) in [6.07, 6.45) is 4.76. The van der Waals surface area contributed by atoms with Crippen LogP contribution in [0.3, 0.4) is 0 Å². The van der Waals surface area contributed by atoms with Gasteiger partial charge in [-0.15, -0.1) is 0 Å². The minimum atomic E-state index is 0.781. The molecule has 0 radical (unpaired) electrons. The van der Waals surface area contributed by atoms with Crippen molar-refractivity contribution in [2.75, 3.05) is 5.73 Å². The van der Waals surface area contributed by atoms with Crippen molar-refractivity contribution in [3.8, 4) is 0 Å². The van der Waals surface area contributed by atoms with Crippen molar-refractivity contribution in [3.05, 3.63) is 23.7 Å². The number of nitrogens with zero attached hydrogens (tertiary/aromatic N) is 2. The second kappa shape index (κ2) is 3.57. The van der Waals surface area contributed by atoms with Crippen molar-refractivity contribution in [2.45, 2.75) is 33.7 Å². The van der Waals surface area contributed by atoms with Crippen molar-refractivity contribution in [1.82, 2.24) is 9.55 Å². The van der Waals surface area contributed by atoms with Crippen LogP contribution >= 0.6 is 0 Å². The Kier molecular flexibility index (Phi) is 2.39. The molecule has 0 unspecified atom stereocenters. The summed E-state index contributed by atoms with van der Waals surface area (Å²) in [5.41, 5.74) is 10.5. The van der Waals surface area contributed by atoms with E-state index in [0.29, 0.717) is 0 Å². The van der Waals surface area contributed by atoms with Crippen molar-refractivity contribution < 1.29 is 0 Å². The lowest BCUT2D eigenvalue weighted by atomic mass is 10.2. The van der Waals surface area contributed by atoms with Gasteiger partial charge < -0.3 is 10.3 Å². The maximum Gasteiger partial charge on any atom is 0.0692 e. The maximum atomic E-state index is 5.96. The number of pyridine rings is 1. The Morgan fingerprint density at radius 3 is 2.73 bits per heavy atom. The predicted molar refractivity (Wildman–Crippen MR) is 63.9 cm³/mol. The molecule has 2 rings (SSSR count). The molecule has 15 heavy (non-hydrogen) atoms. The van der Waals surface area contributed by atoms with Gasteiger partial charge in [0.2, 0.25) is 0 Å². The van der Waals surface area contributed by atoms with Gasteiger partial charge in [0.05, 0.1) is 23.6 Å². The second-order valence-electron chi connectivity index (χ2n) is 3.98. The largest absolute Gasteiger partial charge is 0.397 e. The van der Waals surface area contributed by atoms with Crippen molar-refractivity contribution in [3.63, 3.8) is 0 Å². The number of aryl methyl sites for hydroxylation is 2. The van der Waals surface area contributed by atoms with Crippen LogP contribution < -0.4 is 5.73 Å². The van der Waals surface area contributed by atoms with Crippen LogP contribution in [0.2, 0.25) is 0 Å². The minimum Gasteiger partial charge on any atom is -0.397 e. The fourth-order valence-electron chi connectivity index (χ4n) is 2.15. The van der Waals surface area contributed by atoms with Crippen molar-refractivity contribution in [2.24, 2.45) is 0 Å². The summed E-state index contributed by atoms with van der Waals surface area (Å²) in [7, 11) is 0. The lowest BCUT2D eigenvalue weighted by molar-refractivity contribution is 0.683. The average molecular weight is 203 g/mol. The number of anilines is 1. The predicted octanol–water partition coefficient (Wildman–Crippen LogP) is 2.65.